The molecule has 1 N–H and O–H groups in total. The largest absolute Gasteiger partial charge is 0.352 e. The van der Waals surface area contributed by atoms with Gasteiger partial charge in [-0.05, 0) is 55.7 Å². The summed E-state index contributed by atoms with van der Waals surface area (Å²) in [5, 5.41) is 3.80. The third-order valence-electron chi connectivity index (χ3n) is 4.75. The molecule has 0 radical (unpaired) electrons. The van der Waals surface area contributed by atoms with E-state index in [-0.39, 0.29) is 24.3 Å². The molecule has 2 amide bonds. The van der Waals surface area contributed by atoms with Crippen molar-refractivity contribution in [1.82, 2.24) is 10.2 Å². The minimum atomic E-state index is -0.613. The van der Waals surface area contributed by atoms with Gasteiger partial charge in [-0.15, -0.1) is 0 Å². The van der Waals surface area contributed by atoms with E-state index in [0.29, 0.717) is 16.6 Å². The summed E-state index contributed by atoms with van der Waals surface area (Å²) in [5.74, 6) is -0.327. The Hall–Kier alpha value is -1.56. The molecule has 156 valence electrons. The lowest BCUT2D eigenvalue weighted by atomic mass is 10.1. The zero-order chi connectivity index (χ0) is 21.6. The number of hydrogen-bond acceptors (Lipinski definition) is 2. The van der Waals surface area contributed by atoms with E-state index in [0.717, 1.165) is 22.0 Å². The average Bonchev–Trinajstić information content (AvgIpc) is 2.68. The van der Waals surface area contributed by atoms with Crippen molar-refractivity contribution in [1.29, 1.82) is 0 Å². The van der Waals surface area contributed by atoms with E-state index in [1.807, 2.05) is 38.1 Å². The second kappa shape index (κ2) is 11.0. The van der Waals surface area contributed by atoms with Gasteiger partial charge in [0.2, 0.25) is 11.8 Å². The summed E-state index contributed by atoms with van der Waals surface area (Å²) >= 11 is 15.5. The second-order valence-corrected chi connectivity index (χ2v) is 8.80. The minimum absolute atomic E-state index is 0.0443. The van der Waals surface area contributed by atoms with E-state index in [1.54, 1.807) is 30.0 Å². The molecule has 0 spiro atoms. The van der Waals surface area contributed by atoms with E-state index in [9.17, 15) is 9.59 Å². The quantitative estimate of drug-likeness (QED) is 0.511. The predicted octanol–water partition coefficient (Wildman–Crippen LogP) is 5.63. The number of carbonyl (C=O) groups is 2. The third kappa shape index (κ3) is 7.02. The summed E-state index contributed by atoms with van der Waals surface area (Å²) in [6.07, 6.45) is 0.952. The summed E-state index contributed by atoms with van der Waals surface area (Å²) in [5.41, 5.74) is 1.68. The number of benzene rings is 2. The van der Waals surface area contributed by atoms with E-state index in [2.05, 4.69) is 21.2 Å². The first kappa shape index (κ1) is 23.7. The highest BCUT2D eigenvalue weighted by molar-refractivity contribution is 9.10. The van der Waals surface area contributed by atoms with Crippen LogP contribution >= 0.6 is 39.1 Å². The molecule has 2 rings (SSSR count). The number of carbonyl (C=O) groups excluding carboxylic acids is 2. The SMILES string of the molecule is CC[C@H](C)NC(=O)[C@H](C)N(Cc1cccc(Br)c1)C(=O)Cc1ccc(Cl)c(Cl)c1. The fraction of sp³-hybridized carbons (Fsp3) is 0.364. The van der Waals surface area contributed by atoms with Crippen LogP contribution in [0.4, 0.5) is 0 Å². The molecule has 2 aromatic carbocycles. The van der Waals surface area contributed by atoms with Crippen molar-refractivity contribution >= 4 is 50.9 Å². The number of nitrogens with one attached hydrogen (secondary N) is 1. The molecule has 0 fully saturated rings. The average molecular weight is 500 g/mol. The Balaban J connectivity index is 2.25. The number of hydrogen-bond donors (Lipinski definition) is 1. The fourth-order valence-electron chi connectivity index (χ4n) is 2.81. The maximum Gasteiger partial charge on any atom is 0.242 e. The molecule has 0 aromatic heterocycles. The summed E-state index contributed by atoms with van der Waals surface area (Å²) in [4.78, 5) is 27.5. The van der Waals surface area contributed by atoms with E-state index >= 15 is 0 Å². The Morgan fingerprint density at radius 3 is 2.41 bits per heavy atom. The molecule has 0 aliphatic carbocycles. The molecule has 0 saturated carbocycles. The van der Waals surface area contributed by atoms with Crippen molar-refractivity contribution in [2.24, 2.45) is 0 Å². The first-order valence-corrected chi connectivity index (χ1v) is 11.0. The molecule has 0 saturated heterocycles. The van der Waals surface area contributed by atoms with Gasteiger partial charge in [0.05, 0.1) is 16.5 Å². The van der Waals surface area contributed by atoms with Crippen LogP contribution in [0.1, 0.15) is 38.3 Å². The molecular weight excluding hydrogens is 475 g/mol. The lowest BCUT2D eigenvalue weighted by molar-refractivity contribution is -0.140. The van der Waals surface area contributed by atoms with Crippen molar-refractivity contribution in [3.05, 3.63) is 68.1 Å². The maximum atomic E-state index is 13.2. The highest BCUT2D eigenvalue weighted by atomic mass is 79.9. The van der Waals surface area contributed by atoms with Crippen molar-refractivity contribution in [3.8, 4) is 0 Å². The van der Waals surface area contributed by atoms with Gasteiger partial charge >= 0.3 is 0 Å². The van der Waals surface area contributed by atoms with Crippen LogP contribution in [0.5, 0.6) is 0 Å². The summed E-state index contributed by atoms with van der Waals surface area (Å²) in [6.45, 7) is 6.03. The highest BCUT2D eigenvalue weighted by Gasteiger charge is 2.27. The second-order valence-electron chi connectivity index (χ2n) is 7.07. The fourth-order valence-corrected chi connectivity index (χ4v) is 3.57. The monoisotopic (exact) mass is 498 g/mol. The van der Waals surface area contributed by atoms with Crippen molar-refractivity contribution in [3.63, 3.8) is 0 Å². The van der Waals surface area contributed by atoms with Crippen LogP contribution in [0, 0.1) is 0 Å². The molecule has 29 heavy (non-hydrogen) atoms. The molecular formula is C22H25BrCl2N2O2. The number of nitrogens with zero attached hydrogens (tertiary/aromatic N) is 1. The van der Waals surface area contributed by atoms with Crippen LogP contribution in [-0.4, -0.2) is 28.8 Å². The van der Waals surface area contributed by atoms with E-state index in [4.69, 9.17) is 23.2 Å². The van der Waals surface area contributed by atoms with Gasteiger partial charge in [0.25, 0.3) is 0 Å². The molecule has 0 aliphatic rings. The lowest BCUT2D eigenvalue weighted by Gasteiger charge is -2.30. The number of rotatable bonds is 8. The normalized spacial score (nSPS) is 12.9. The Morgan fingerprint density at radius 1 is 1.07 bits per heavy atom. The van der Waals surface area contributed by atoms with E-state index < -0.39 is 6.04 Å². The molecule has 0 unspecified atom stereocenters. The van der Waals surface area contributed by atoms with Crippen molar-refractivity contribution in [2.75, 3.05) is 0 Å². The lowest BCUT2D eigenvalue weighted by Crippen LogP contribution is -2.49. The zero-order valence-corrected chi connectivity index (χ0v) is 19.8. The van der Waals surface area contributed by atoms with Crippen LogP contribution in [0.2, 0.25) is 10.0 Å². The Kier molecular flexibility index (Phi) is 9.00. The van der Waals surface area contributed by atoms with Crippen molar-refractivity contribution < 1.29 is 9.59 Å². The van der Waals surface area contributed by atoms with Gasteiger partial charge in [-0.1, -0.05) is 64.3 Å². The van der Waals surface area contributed by atoms with Gasteiger partial charge in [-0.25, -0.2) is 0 Å². The van der Waals surface area contributed by atoms with Gasteiger partial charge in [0.15, 0.2) is 0 Å². The zero-order valence-electron chi connectivity index (χ0n) is 16.7. The summed E-state index contributed by atoms with van der Waals surface area (Å²) in [6, 6.07) is 12.3. The van der Waals surface area contributed by atoms with Crippen LogP contribution in [-0.2, 0) is 22.6 Å². The summed E-state index contributed by atoms with van der Waals surface area (Å²) < 4.78 is 0.920. The van der Waals surface area contributed by atoms with Gasteiger partial charge in [0, 0.05) is 17.1 Å². The van der Waals surface area contributed by atoms with Gasteiger partial charge < -0.3 is 10.2 Å². The Bertz CT molecular complexity index is 876. The Morgan fingerprint density at radius 2 is 1.79 bits per heavy atom. The molecule has 4 nitrogen and oxygen atoms in total. The topological polar surface area (TPSA) is 49.4 Å². The van der Waals surface area contributed by atoms with Crippen LogP contribution in [0.25, 0.3) is 0 Å². The predicted molar refractivity (Wildman–Crippen MR) is 122 cm³/mol. The Labute approximate surface area is 190 Å². The van der Waals surface area contributed by atoms with Crippen LogP contribution < -0.4 is 5.32 Å². The standard InChI is InChI=1S/C22H25BrCl2N2O2/c1-4-14(2)26-22(29)15(3)27(13-17-6-5-7-18(23)10-17)21(28)12-16-8-9-19(24)20(25)11-16/h5-11,14-15H,4,12-13H2,1-3H3,(H,26,29)/t14-,15-/m0/s1. The van der Waals surface area contributed by atoms with Crippen LogP contribution in [0.15, 0.2) is 46.9 Å². The first-order chi connectivity index (χ1) is 13.7. The smallest absolute Gasteiger partial charge is 0.242 e. The van der Waals surface area contributed by atoms with Crippen molar-refractivity contribution in [2.45, 2.75) is 52.2 Å². The number of amides is 2. The van der Waals surface area contributed by atoms with Gasteiger partial charge in [-0.3, -0.25) is 9.59 Å². The van der Waals surface area contributed by atoms with Crippen LogP contribution in [0.3, 0.4) is 0 Å². The molecule has 2 atom stereocenters. The molecule has 2 aromatic rings. The molecule has 0 bridgehead atoms. The highest BCUT2D eigenvalue weighted by Crippen LogP contribution is 2.23. The summed E-state index contributed by atoms with van der Waals surface area (Å²) in [7, 11) is 0. The molecule has 0 heterocycles. The van der Waals surface area contributed by atoms with Gasteiger partial charge in [-0.2, -0.15) is 0 Å². The maximum absolute atomic E-state index is 13.2. The minimum Gasteiger partial charge on any atom is -0.352 e. The molecule has 7 heteroatoms. The molecule has 0 aliphatic heterocycles. The first-order valence-electron chi connectivity index (χ1n) is 9.49. The van der Waals surface area contributed by atoms with E-state index in [1.165, 1.54) is 0 Å². The third-order valence-corrected chi connectivity index (χ3v) is 5.98. The number of halogens is 3. The van der Waals surface area contributed by atoms with Gasteiger partial charge in [0.1, 0.15) is 6.04 Å².